The van der Waals surface area contributed by atoms with E-state index in [9.17, 15) is 27.6 Å². The summed E-state index contributed by atoms with van der Waals surface area (Å²) in [4.78, 5) is 43.4. The summed E-state index contributed by atoms with van der Waals surface area (Å²) >= 11 is 0. The average molecular weight is 518 g/mol. The summed E-state index contributed by atoms with van der Waals surface area (Å²) in [5.74, 6) is -1.13. The maximum absolute atomic E-state index is 12.8. The van der Waals surface area contributed by atoms with Crippen LogP contribution < -0.4 is 15.5 Å². The topological polar surface area (TPSA) is 85.0 Å². The van der Waals surface area contributed by atoms with Crippen molar-refractivity contribution in [2.45, 2.75) is 18.6 Å². The number of carbonyl (C=O) groups is 3. The zero-order valence-electron chi connectivity index (χ0n) is 20.3. The van der Waals surface area contributed by atoms with E-state index in [0.29, 0.717) is 32.6 Å². The molecular weight excluding hydrogens is 487 g/mol. The Morgan fingerprint density at radius 1 is 0.919 bits per heavy atom. The molecule has 0 saturated carbocycles. The number of anilines is 1. The molecule has 1 unspecified atom stereocenters. The molecule has 2 heterocycles. The number of nitrogens with one attached hydrogen (secondary N) is 2. The fourth-order valence-corrected chi connectivity index (χ4v) is 4.62. The first kappa shape index (κ1) is 26.5. The molecular formula is C26H30F3N5O3. The van der Waals surface area contributed by atoms with Crippen molar-refractivity contribution in [1.82, 2.24) is 20.4 Å². The smallest absolute Gasteiger partial charge is 0.368 e. The van der Waals surface area contributed by atoms with E-state index < -0.39 is 23.6 Å². The molecule has 2 aliphatic heterocycles. The highest BCUT2D eigenvalue weighted by Gasteiger charge is 2.31. The first-order valence-electron chi connectivity index (χ1n) is 12.2. The molecule has 37 heavy (non-hydrogen) atoms. The van der Waals surface area contributed by atoms with E-state index in [1.54, 1.807) is 0 Å². The molecule has 2 aromatic rings. The van der Waals surface area contributed by atoms with Gasteiger partial charge in [0.25, 0.3) is 5.91 Å². The summed E-state index contributed by atoms with van der Waals surface area (Å²) in [6, 6.07) is 14.0. The quantitative estimate of drug-likeness (QED) is 0.587. The van der Waals surface area contributed by atoms with Crippen molar-refractivity contribution in [3.63, 3.8) is 0 Å². The van der Waals surface area contributed by atoms with Gasteiger partial charge in [-0.2, -0.15) is 13.2 Å². The second-order valence-corrected chi connectivity index (χ2v) is 9.25. The summed E-state index contributed by atoms with van der Waals surface area (Å²) in [6.07, 6.45) is -3.89. The molecule has 2 saturated heterocycles. The number of carbonyl (C=O) groups excluding carboxylic acids is 3. The van der Waals surface area contributed by atoms with Gasteiger partial charge in [0.1, 0.15) is 0 Å². The number of amides is 3. The Morgan fingerprint density at radius 2 is 1.65 bits per heavy atom. The number of likely N-dealkylation sites (tertiary alicyclic amines) is 1. The third-order valence-corrected chi connectivity index (χ3v) is 6.61. The van der Waals surface area contributed by atoms with Crippen LogP contribution in [-0.2, 0) is 15.8 Å². The number of para-hydroxylation sites is 1. The van der Waals surface area contributed by atoms with Crippen molar-refractivity contribution in [2.75, 3.05) is 57.3 Å². The van der Waals surface area contributed by atoms with Crippen molar-refractivity contribution < 1.29 is 27.6 Å². The fraction of sp³-hybridized carbons (Fsp3) is 0.423. The number of hydrogen-bond acceptors (Lipinski definition) is 5. The van der Waals surface area contributed by atoms with Crippen LogP contribution in [0.4, 0.5) is 18.9 Å². The predicted molar refractivity (Wildman–Crippen MR) is 132 cm³/mol. The number of piperazine rings is 1. The summed E-state index contributed by atoms with van der Waals surface area (Å²) in [7, 11) is 0. The predicted octanol–water partition coefficient (Wildman–Crippen LogP) is 1.97. The van der Waals surface area contributed by atoms with E-state index in [1.165, 1.54) is 6.07 Å². The number of benzene rings is 2. The van der Waals surface area contributed by atoms with Crippen molar-refractivity contribution in [3.8, 4) is 0 Å². The van der Waals surface area contributed by atoms with Crippen LogP contribution >= 0.6 is 0 Å². The van der Waals surface area contributed by atoms with Crippen LogP contribution in [0.15, 0.2) is 54.6 Å². The monoisotopic (exact) mass is 517 g/mol. The summed E-state index contributed by atoms with van der Waals surface area (Å²) < 4.78 is 38.5. The van der Waals surface area contributed by atoms with E-state index in [1.807, 2.05) is 28.0 Å². The Hall–Kier alpha value is -3.60. The molecule has 4 rings (SSSR count). The van der Waals surface area contributed by atoms with Crippen LogP contribution in [0.25, 0.3) is 0 Å². The molecule has 3 amide bonds. The first-order chi connectivity index (χ1) is 17.7. The van der Waals surface area contributed by atoms with Gasteiger partial charge >= 0.3 is 6.18 Å². The van der Waals surface area contributed by atoms with E-state index >= 15 is 0 Å². The van der Waals surface area contributed by atoms with Crippen LogP contribution in [0.5, 0.6) is 0 Å². The molecule has 2 aliphatic rings. The van der Waals surface area contributed by atoms with Crippen molar-refractivity contribution in [3.05, 3.63) is 65.7 Å². The van der Waals surface area contributed by atoms with Gasteiger partial charge in [-0.3, -0.25) is 19.3 Å². The van der Waals surface area contributed by atoms with Crippen molar-refractivity contribution >= 4 is 23.4 Å². The Kier molecular flexibility index (Phi) is 8.32. The van der Waals surface area contributed by atoms with Crippen molar-refractivity contribution in [1.29, 1.82) is 0 Å². The van der Waals surface area contributed by atoms with Crippen LogP contribution in [0.3, 0.4) is 0 Å². The minimum atomic E-state index is -4.56. The second-order valence-electron chi connectivity index (χ2n) is 9.25. The lowest BCUT2D eigenvalue weighted by molar-refractivity contribution is -0.137. The molecule has 11 heteroatoms. The lowest BCUT2D eigenvalue weighted by Gasteiger charge is -2.36. The second kappa shape index (κ2) is 11.6. The van der Waals surface area contributed by atoms with Gasteiger partial charge in [-0.05, 0) is 36.8 Å². The van der Waals surface area contributed by atoms with Gasteiger partial charge in [0.15, 0.2) is 0 Å². The van der Waals surface area contributed by atoms with Gasteiger partial charge in [-0.15, -0.1) is 0 Å². The SMILES string of the molecule is O=C(CNC(=O)c1cccc(C(F)(F)F)c1)NC1CCN(CC(=O)N2CCN(c3ccccc3)CC2)C1. The molecule has 0 aliphatic carbocycles. The number of halogens is 3. The maximum atomic E-state index is 12.8. The van der Waals surface area contributed by atoms with Gasteiger partial charge in [-0.25, -0.2) is 0 Å². The van der Waals surface area contributed by atoms with Gasteiger partial charge in [-0.1, -0.05) is 24.3 Å². The van der Waals surface area contributed by atoms with Crippen LogP contribution in [-0.4, -0.2) is 85.9 Å². The summed E-state index contributed by atoms with van der Waals surface area (Å²) in [6.45, 7) is 3.99. The molecule has 1 atom stereocenters. The Bertz CT molecular complexity index is 1100. The number of alkyl halides is 3. The van der Waals surface area contributed by atoms with E-state index in [0.717, 1.165) is 37.0 Å². The highest BCUT2D eigenvalue weighted by molar-refractivity contribution is 5.96. The normalized spacial score (nSPS) is 18.5. The minimum Gasteiger partial charge on any atom is -0.368 e. The fourth-order valence-electron chi connectivity index (χ4n) is 4.62. The van der Waals surface area contributed by atoms with Gasteiger partial charge < -0.3 is 20.4 Å². The zero-order chi connectivity index (χ0) is 26.4. The number of hydrogen-bond donors (Lipinski definition) is 2. The highest BCUT2D eigenvalue weighted by Crippen LogP contribution is 2.29. The lowest BCUT2D eigenvalue weighted by Crippen LogP contribution is -2.51. The number of rotatable bonds is 7. The molecule has 0 bridgehead atoms. The highest BCUT2D eigenvalue weighted by atomic mass is 19.4. The molecule has 2 fully saturated rings. The van der Waals surface area contributed by atoms with E-state index in [2.05, 4.69) is 27.7 Å². The Morgan fingerprint density at radius 3 is 2.35 bits per heavy atom. The van der Waals surface area contributed by atoms with Gasteiger partial charge in [0, 0.05) is 56.6 Å². The van der Waals surface area contributed by atoms with Gasteiger partial charge in [0.05, 0.1) is 18.7 Å². The standard InChI is InChI=1S/C26H30F3N5O3/c27-26(28,29)20-6-4-5-19(15-20)25(37)30-16-23(35)31-21-9-10-32(17-21)18-24(36)34-13-11-33(12-14-34)22-7-2-1-3-8-22/h1-8,15,21H,9-14,16-18H2,(H,30,37)(H,31,35). The van der Waals surface area contributed by atoms with Crippen LogP contribution in [0.1, 0.15) is 22.3 Å². The number of nitrogens with zero attached hydrogens (tertiary/aromatic N) is 3. The van der Waals surface area contributed by atoms with Gasteiger partial charge in [0.2, 0.25) is 11.8 Å². The zero-order valence-corrected chi connectivity index (χ0v) is 20.3. The molecule has 2 aromatic carbocycles. The molecule has 0 aromatic heterocycles. The van der Waals surface area contributed by atoms with Crippen LogP contribution in [0.2, 0.25) is 0 Å². The van der Waals surface area contributed by atoms with Crippen molar-refractivity contribution in [2.24, 2.45) is 0 Å². The Labute approximate surface area is 213 Å². The van der Waals surface area contributed by atoms with E-state index in [-0.39, 0.29) is 30.6 Å². The summed E-state index contributed by atoms with van der Waals surface area (Å²) in [5, 5.41) is 5.18. The maximum Gasteiger partial charge on any atom is 0.416 e. The Balaban J connectivity index is 1.16. The molecule has 8 nitrogen and oxygen atoms in total. The summed E-state index contributed by atoms with van der Waals surface area (Å²) in [5.41, 5.74) is 0.0554. The minimum absolute atomic E-state index is 0.0630. The lowest BCUT2D eigenvalue weighted by atomic mass is 10.1. The third kappa shape index (κ3) is 7.22. The largest absolute Gasteiger partial charge is 0.416 e. The first-order valence-corrected chi connectivity index (χ1v) is 12.2. The molecule has 198 valence electrons. The third-order valence-electron chi connectivity index (χ3n) is 6.61. The molecule has 0 radical (unpaired) electrons. The van der Waals surface area contributed by atoms with Crippen LogP contribution in [0, 0.1) is 0 Å². The molecule has 2 N–H and O–H groups in total. The van der Waals surface area contributed by atoms with E-state index in [4.69, 9.17) is 0 Å². The average Bonchev–Trinajstić information content (AvgIpc) is 3.33. The molecule has 0 spiro atoms.